The van der Waals surface area contributed by atoms with E-state index in [4.69, 9.17) is 5.10 Å². The van der Waals surface area contributed by atoms with E-state index in [9.17, 15) is 4.79 Å². The van der Waals surface area contributed by atoms with Crippen molar-refractivity contribution in [3.63, 3.8) is 0 Å². The number of piperidine rings is 1. The topological polar surface area (TPSA) is 59.0 Å². The second-order valence-electron chi connectivity index (χ2n) is 7.88. The molecular weight excluding hydrogens is 360 g/mol. The van der Waals surface area contributed by atoms with E-state index in [1.54, 1.807) is 0 Å². The van der Waals surface area contributed by atoms with Gasteiger partial charge in [0, 0.05) is 23.3 Å². The summed E-state index contributed by atoms with van der Waals surface area (Å²) < 4.78 is 2.01. The van der Waals surface area contributed by atoms with Crippen molar-refractivity contribution >= 4 is 18.3 Å². The lowest BCUT2D eigenvalue weighted by Gasteiger charge is -2.28. The van der Waals surface area contributed by atoms with Gasteiger partial charge in [0.1, 0.15) is 0 Å². The van der Waals surface area contributed by atoms with Crippen molar-refractivity contribution in [3.8, 4) is 5.69 Å². The smallest absolute Gasteiger partial charge is 0.272 e. The molecule has 2 aromatic rings. The first-order chi connectivity index (χ1) is 12.5. The van der Waals surface area contributed by atoms with Gasteiger partial charge in [0.05, 0.1) is 5.69 Å². The summed E-state index contributed by atoms with van der Waals surface area (Å²) in [5.41, 5.74) is 6.51. The zero-order valence-corrected chi connectivity index (χ0v) is 17.2. The first-order valence-corrected chi connectivity index (χ1v) is 9.75. The molecule has 0 bridgehead atoms. The van der Waals surface area contributed by atoms with E-state index in [1.807, 2.05) is 4.68 Å². The van der Waals surface area contributed by atoms with Gasteiger partial charge in [-0.3, -0.25) is 4.79 Å². The SMILES string of the molecule is Cc1ccc(-n2nc(C(=O)NC3CCNC(C)C3)c3c2CCC3)c(C)c1.Cl. The molecule has 0 spiro atoms. The molecule has 1 fully saturated rings. The highest BCUT2D eigenvalue weighted by atomic mass is 35.5. The fraction of sp³-hybridized carbons (Fsp3) is 0.524. The molecule has 2 unspecified atom stereocenters. The highest BCUT2D eigenvalue weighted by Gasteiger charge is 2.29. The molecule has 1 aliphatic carbocycles. The second-order valence-corrected chi connectivity index (χ2v) is 7.88. The molecular formula is C21H29ClN4O. The normalized spacial score (nSPS) is 21.4. The number of hydrogen-bond acceptors (Lipinski definition) is 3. The van der Waals surface area contributed by atoms with Gasteiger partial charge in [-0.15, -0.1) is 12.4 Å². The van der Waals surface area contributed by atoms with Crippen LogP contribution in [0.25, 0.3) is 5.69 Å². The molecule has 5 nitrogen and oxygen atoms in total. The van der Waals surface area contributed by atoms with Gasteiger partial charge < -0.3 is 10.6 Å². The number of nitrogens with zero attached hydrogens (tertiary/aromatic N) is 2. The summed E-state index contributed by atoms with van der Waals surface area (Å²) in [7, 11) is 0. The van der Waals surface area contributed by atoms with Crippen molar-refractivity contribution in [2.45, 2.75) is 65.0 Å². The number of nitrogens with one attached hydrogen (secondary N) is 2. The Balaban J connectivity index is 0.00000210. The van der Waals surface area contributed by atoms with Crippen LogP contribution in [0.3, 0.4) is 0 Å². The average Bonchev–Trinajstić information content (AvgIpc) is 3.17. The molecule has 2 N–H and O–H groups in total. The van der Waals surface area contributed by atoms with Crippen molar-refractivity contribution in [1.29, 1.82) is 0 Å². The van der Waals surface area contributed by atoms with Crippen molar-refractivity contribution in [2.75, 3.05) is 6.54 Å². The third kappa shape index (κ3) is 3.90. The number of amides is 1. The van der Waals surface area contributed by atoms with Crippen molar-refractivity contribution in [3.05, 3.63) is 46.3 Å². The molecule has 27 heavy (non-hydrogen) atoms. The summed E-state index contributed by atoms with van der Waals surface area (Å²) >= 11 is 0. The van der Waals surface area contributed by atoms with E-state index < -0.39 is 0 Å². The fourth-order valence-corrected chi connectivity index (χ4v) is 4.38. The Morgan fingerprint density at radius 3 is 2.85 bits per heavy atom. The molecule has 1 aliphatic heterocycles. The van der Waals surface area contributed by atoms with Gasteiger partial charge in [-0.05, 0) is 71.0 Å². The molecule has 2 heterocycles. The maximum atomic E-state index is 13.0. The van der Waals surface area contributed by atoms with Gasteiger partial charge >= 0.3 is 0 Å². The number of aryl methyl sites for hydroxylation is 2. The van der Waals surface area contributed by atoms with Crippen LogP contribution in [0.2, 0.25) is 0 Å². The Bertz CT molecular complexity index is 845. The standard InChI is InChI=1S/C21H28N4O.ClH/c1-13-7-8-18(14(2)11-13)25-19-6-4-5-17(19)20(24-25)21(26)23-16-9-10-22-15(3)12-16;/h7-8,11,15-16,22H,4-6,9-10,12H2,1-3H3,(H,23,26);1H. The summed E-state index contributed by atoms with van der Waals surface area (Å²) in [6.07, 6.45) is 5.00. The van der Waals surface area contributed by atoms with Crippen LogP contribution in [0.1, 0.15) is 59.1 Å². The Kier molecular flexibility index (Phi) is 5.92. The van der Waals surface area contributed by atoms with Crippen LogP contribution >= 0.6 is 12.4 Å². The van der Waals surface area contributed by atoms with Crippen LogP contribution in [0.4, 0.5) is 0 Å². The molecule has 1 saturated heterocycles. The van der Waals surface area contributed by atoms with E-state index >= 15 is 0 Å². The zero-order valence-electron chi connectivity index (χ0n) is 16.3. The van der Waals surface area contributed by atoms with Gasteiger partial charge in [-0.2, -0.15) is 5.10 Å². The zero-order chi connectivity index (χ0) is 18.3. The summed E-state index contributed by atoms with van der Waals surface area (Å²) in [5, 5.41) is 11.4. The summed E-state index contributed by atoms with van der Waals surface area (Å²) in [5.74, 6) is -0.00855. The number of halogens is 1. The lowest BCUT2D eigenvalue weighted by atomic mass is 10.0. The fourth-order valence-electron chi connectivity index (χ4n) is 4.38. The van der Waals surface area contributed by atoms with Crippen molar-refractivity contribution in [2.24, 2.45) is 0 Å². The maximum absolute atomic E-state index is 13.0. The number of fused-ring (bicyclic) bond motifs is 1. The van der Waals surface area contributed by atoms with E-state index in [1.165, 1.54) is 16.8 Å². The monoisotopic (exact) mass is 388 g/mol. The second kappa shape index (κ2) is 8.03. The van der Waals surface area contributed by atoms with Gasteiger partial charge in [0.15, 0.2) is 5.69 Å². The van der Waals surface area contributed by atoms with Crippen LogP contribution in [-0.4, -0.2) is 34.3 Å². The molecule has 2 atom stereocenters. The molecule has 2 aliphatic rings. The molecule has 1 aromatic carbocycles. The van der Waals surface area contributed by atoms with Crippen LogP contribution in [0.15, 0.2) is 18.2 Å². The highest BCUT2D eigenvalue weighted by molar-refractivity contribution is 5.94. The molecule has 4 rings (SSSR count). The van der Waals surface area contributed by atoms with Gasteiger partial charge in [-0.25, -0.2) is 4.68 Å². The van der Waals surface area contributed by atoms with E-state index in [0.29, 0.717) is 11.7 Å². The molecule has 1 amide bonds. The van der Waals surface area contributed by atoms with Crippen molar-refractivity contribution < 1.29 is 4.79 Å². The lowest BCUT2D eigenvalue weighted by molar-refractivity contribution is 0.0919. The number of carbonyl (C=O) groups excluding carboxylic acids is 1. The highest BCUT2D eigenvalue weighted by Crippen LogP contribution is 2.29. The average molecular weight is 389 g/mol. The Morgan fingerprint density at radius 2 is 2.11 bits per heavy atom. The Labute approximate surface area is 167 Å². The number of benzene rings is 1. The molecule has 1 aromatic heterocycles. The first kappa shape index (κ1) is 19.9. The van der Waals surface area contributed by atoms with E-state index in [2.05, 4.69) is 49.6 Å². The number of carbonyl (C=O) groups is 1. The van der Waals surface area contributed by atoms with E-state index in [-0.39, 0.29) is 24.4 Å². The van der Waals surface area contributed by atoms with Crippen molar-refractivity contribution in [1.82, 2.24) is 20.4 Å². The van der Waals surface area contributed by atoms with Crippen LogP contribution in [-0.2, 0) is 12.8 Å². The minimum Gasteiger partial charge on any atom is -0.348 e. The third-order valence-corrected chi connectivity index (χ3v) is 5.68. The van der Waals surface area contributed by atoms with Gasteiger partial charge in [-0.1, -0.05) is 17.7 Å². The quantitative estimate of drug-likeness (QED) is 0.848. The number of hydrogen-bond donors (Lipinski definition) is 2. The van der Waals surface area contributed by atoms with Crippen LogP contribution < -0.4 is 10.6 Å². The predicted octanol–water partition coefficient (Wildman–Crippen LogP) is 3.27. The first-order valence-electron chi connectivity index (χ1n) is 9.75. The summed E-state index contributed by atoms with van der Waals surface area (Å²) in [4.78, 5) is 13.0. The minimum atomic E-state index is -0.00855. The maximum Gasteiger partial charge on any atom is 0.272 e. The van der Waals surface area contributed by atoms with Crippen LogP contribution in [0.5, 0.6) is 0 Å². The summed E-state index contributed by atoms with van der Waals surface area (Å²) in [6, 6.07) is 7.09. The Hall–Kier alpha value is -1.85. The predicted molar refractivity (Wildman–Crippen MR) is 110 cm³/mol. The molecule has 0 radical (unpaired) electrons. The van der Waals surface area contributed by atoms with Gasteiger partial charge in [0.2, 0.25) is 0 Å². The number of rotatable bonds is 3. The minimum absolute atomic E-state index is 0. The largest absolute Gasteiger partial charge is 0.348 e. The Morgan fingerprint density at radius 1 is 1.30 bits per heavy atom. The number of aromatic nitrogens is 2. The lowest BCUT2D eigenvalue weighted by Crippen LogP contribution is -2.46. The van der Waals surface area contributed by atoms with E-state index in [0.717, 1.165) is 49.9 Å². The molecule has 146 valence electrons. The molecule has 6 heteroatoms. The summed E-state index contributed by atoms with van der Waals surface area (Å²) in [6.45, 7) is 7.34. The van der Waals surface area contributed by atoms with Crippen LogP contribution in [0, 0.1) is 13.8 Å². The van der Waals surface area contributed by atoms with Gasteiger partial charge in [0.25, 0.3) is 5.91 Å². The third-order valence-electron chi connectivity index (χ3n) is 5.68. The molecule has 0 saturated carbocycles.